The third-order valence-electron chi connectivity index (χ3n) is 3.51. The summed E-state index contributed by atoms with van der Waals surface area (Å²) in [5.41, 5.74) is 1.20. The van der Waals surface area contributed by atoms with Crippen LogP contribution in [-0.2, 0) is 23.2 Å². The van der Waals surface area contributed by atoms with E-state index in [4.69, 9.17) is 9.88 Å². The Morgan fingerprint density at radius 2 is 2.04 bits per heavy atom. The number of nitrogens with zero attached hydrogens (tertiary/aromatic N) is 1. The number of nitrogens with one attached hydrogen (secondary N) is 1. The molecule has 0 fully saturated rings. The summed E-state index contributed by atoms with van der Waals surface area (Å²) in [6.07, 6.45) is 0. The van der Waals surface area contributed by atoms with E-state index >= 15 is 0 Å². The van der Waals surface area contributed by atoms with Gasteiger partial charge in [0.15, 0.2) is 0 Å². The highest BCUT2D eigenvalue weighted by molar-refractivity contribution is 7.91. The number of ether oxygens (including phenoxy) is 1. The van der Waals surface area contributed by atoms with E-state index in [1.807, 2.05) is 12.3 Å². The van der Waals surface area contributed by atoms with Crippen molar-refractivity contribution in [3.63, 3.8) is 0 Å². The summed E-state index contributed by atoms with van der Waals surface area (Å²) in [5.74, 6) is 0.141. The van der Waals surface area contributed by atoms with Crippen LogP contribution in [0.25, 0.3) is 0 Å². The number of thiazole rings is 1. The van der Waals surface area contributed by atoms with E-state index in [0.29, 0.717) is 16.2 Å². The Morgan fingerprint density at radius 1 is 1.26 bits per heavy atom. The molecule has 3 rings (SSSR count). The second-order valence-electron chi connectivity index (χ2n) is 5.59. The van der Waals surface area contributed by atoms with Gasteiger partial charge in [-0.05, 0) is 31.2 Å². The number of aryl methyl sites for hydroxylation is 1. The molecule has 0 atom stereocenters. The molecule has 7 nitrogen and oxygen atoms in total. The number of hydrogen-bond donors (Lipinski definition) is 2. The number of carbonyl (C=O) groups is 1. The maximum absolute atomic E-state index is 12.5. The number of amides is 1. The number of hydrogen-bond acceptors (Lipinski definition) is 7. The highest BCUT2D eigenvalue weighted by atomic mass is 32.2. The number of nitrogens with two attached hydrogens (primary N) is 1. The van der Waals surface area contributed by atoms with Crippen molar-refractivity contribution in [2.24, 2.45) is 5.14 Å². The number of thiophene rings is 1. The first-order valence-electron chi connectivity index (χ1n) is 7.85. The summed E-state index contributed by atoms with van der Waals surface area (Å²) in [5, 5.41) is 10.7. The molecule has 2 aromatic heterocycles. The summed E-state index contributed by atoms with van der Waals surface area (Å²) >= 11 is 2.56. The lowest BCUT2D eigenvalue weighted by atomic mass is 10.2. The molecule has 0 bridgehead atoms. The van der Waals surface area contributed by atoms with Crippen molar-refractivity contribution in [2.45, 2.75) is 24.3 Å². The zero-order chi connectivity index (χ0) is 19.4. The van der Waals surface area contributed by atoms with Gasteiger partial charge in [-0.15, -0.1) is 22.7 Å². The van der Waals surface area contributed by atoms with Crippen LogP contribution in [0.4, 0.5) is 0 Å². The Morgan fingerprint density at radius 3 is 2.70 bits per heavy atom. The van der Waals surface area contributed by atoms with Gasteiger partial charge in [0.25, 0.3) is 5.91 Å². The summed E-state index contributed by atoms with van der Waals surface area (Å²) in [4.78, 5) is 17.5. The Hall–Kier alpha value is -2.27. The highest BCUT2D eigenvalue weighted by Gasteiger charge is 2.15. The molecule has 0 saturated heterocycles. The topological polar surface area (TPSA) is 111 Å². The second kappa shape index (κ2) is 8.17. The molecule has 1 aromatic carbocycles. The van der Waals surface area contributed by atoms with Crippen LogP contribution in [0.5, 0.6) is 5.75 Å². The van der Waals surface area contributed by atoms with E-state index in [0.717, 1.165) is 22.0 Å². The van der Waals surface area contributed by atoms with Gasteiger partial charge in [-0.2, -0.15) is 0 Å². The zero-order valence-electron chi connectivity index (χ0n) is 14.3. The van der Waals surface area contributed by atoms with Crippen molar-refractivity contribution in [3.8, 4) is 5.75 Å². The van der Waals surface area contributed by atoms with Gasteiger partial charge >= 0.3 is 0 Å². The van der Waals surface area contributed by atoms with Crippen molar-refractivity contribution in [1.29, 1.82) is 0 Å². The van der Waals surface area contributed by atoms with Gasteiger partial charge in [-0.3, -0.25) is 4.79 Å². The van der Waals surface area contributed by atoms with Crippen LogP contribution in [0.3, 0.4) is 0 Å². The predicted molar refractivity (Wildman–Crippen MR) is 104 cm³/mol. The first kappa shape index (κ1) is 19.5. The molecule has 0 aliphatic rings. The number of benzene rings is 1. The first-order chi connectivity index (χ1) is 12.8. The van der Waals surface area contributed by atoms with Crippen LogP contribution in [0.15, 0.2) is 46.0 Å². The third kappa shape index (κ3) is 5.13. The Balaban J connectivity index is 1.65. The van der Waals surface area contributed by atoms with Crippen LogP contribution in [0.2, 0.25) is 0 Å². The van der Waals surface area contributed by atoms with Crippen molar-refractivity contribution in [1.82, 2.24) is 10.3 Å². The molecule has 3 N–H and O–H groups in total. The molecule has 0 unspecified atom stereocenters. The molecule has 0 saturated carbocycles. The lowest BCUT2D eigenvalue weighted by Gasteiger charge is -2.10. The maximum Gasteiger partial charge on any atom is 0.255 e. The van der Waals surface area contributed by atoms with E-state index < -0.39 is 10.0 Å². The molecule has 0 radical (unpaired) electrons. The summed E-state index contributed by atoms with van der Waals surface area (Å²) in [7, 11) is -3.73. The minimum absolute atomic E-state index is 0.0639. The van der Waals surface area contributed by atoms with Crippen LogP contribution in [0, 0.1) is 6.92 Å². The fraction of sp³-hybridized carbons (Fsp3) is 0.176. The van der Waals surface area contributed by atoms with Crippen LogP contribution >= 0.6 is 22.7 Å². The monoisotopic (exact) mass is 423 g/mol. The molecule has 3 aromatic rings. The van der Waals surface area contributed by atoms with Gasteiger partial charge in [0.1, 0.15) is 16.6 Å². The number of aromatic nitrogens is 1. The summed E-state index contributed by atoms with van der Waals surface area (Å²) < 4.78 is 28.5. The lowest BCUT2D eigenvalue weighted by Crippen LogP contribution is -2.23. The Bertz CT molecular complexity index is 1060. The van der Waals surface area contributed by atoms with E-state index in [-0.39, 0.29) is 23.3 Å². The Labute approximate surface area is 164 Å². The minimum Gasteiger partial charge on any atom is -0.486 e. The predicted octanol–water partition coefficient (Wildman–Crippen LogP) is 2.67. The molecule has 0 aliphatic heterocycles. The number of carbonyl (C=O) groups excluding carboxylic acids is 1. The first-order valence-corrected chi connectivity index (χ1v) is 11.1. The van der Waals surface area contributed by atoms with Gasteiger partial charge in [0.2, 0.25) is 10.0 Å². The summed E-state index contributed by atoms with van der Waals surface area (Å²) in [6.45, 7) is 2.39. The fourth-order valence-electron chi connectivity index (χ4n) is 2.28. The standard InChI is InChI=1S/C17H17N3O4S3/c1-11-20-12(10-25-11)9-24-15-5-3-2-4-14(15)17(21)19-8-13-6-7-16(26-13)27(18,22)23/h2-7,10H,8-9H2,1H3,(H,19,21)(H2,18,22,23). The van der Waals surface area contributed by atoms with Crippen LogP contribution < -0.4 is 15.2 Å². The molecule has 2 heterocycles. The third-order valence-corrected chi connectivity index (χ3v) is 6.86. The molecule has 0 aliphatic carbocycles. The average molecular weight is 424 g/mol. The maximum atomic E-state index is 12.5. The second-order valence-corrected chi connectivity index (χ2v) is 9.61. The van der Waals surface area contributed by atoms with E-state index in [1.165, 1.54) is 17.4 Å². The van der Waals surface area contributed by atoms with E-state index in [2.05, 4.69) is 10.3 Å². The molecule has 142 valence electrons. The van der Waals surface area contributed by atoms with Crippen molar-refractivity contribution in [3.05, 3.63) is 62.9 Å². The van der Waals surface area contributed by atoms with Gasteiger partial charge in [0.05, 0.1) is 22.8 Å². The van der Waals surface area contributed by atoms with Crippen LogP contribution in [-0.4, -0.2) is 19.3 Å². The highest BCUT2D eigenvalue weighted by Crippen LogP contribution is 2.22. The number of para-hydroxylation sites is 1. The van der Waals surface area contributed by atoms with Gasteiger partial charge in [-0.1, -0.05) is 12.1 Å². The molecule has 0 spiro atoms. The van der Waals surface area contributed by atoms with Crippen molar-refractivity contribution in [2.75, 3.05) is 0 Å². The average Bonchev–Trinajstić information content (AvgIpc) is 3.27. The van der Waals surface area contributed by atoms with Crippen molar-refractivity contribution >= 4 is 38.6 Å². The number of sulfonamides is 1. The zero-order valence-corrected chi connectivity index (χ0v) is 16.8. The minimum atomic E-state index is -3.73. The smallest absolute Gasteiger partial charge is 0.255 e. The molecule has 1 amide bonds. The Kier molecular flexibility index (Phi) is 5.90. The van der Waals surface area contributed by atoms with Crippen molar-refractivity contribution < 1.29 is 17.9 Å². The SMILES string of the molecule is Cc1nc(COc2ccccc2C(=O)NCc2ccc(S(N)(=O)=O)s2)cs1. The molecule has 10 heteroatoms. The number of primary sulfonamides is 1. The lowest BCUT2D eigenvalue weighted by molar-refractivity contribution is 0.0946. The fourth-order valence-corrected chi connectivity index (χ4v) is 4.59. The normalized spacial score (nSPS) is 11.3. The van der Waals surface area contributed by atoms with Gasteiger partial charge < -0.3 is 10.1 Å². The largest absolute Gasteiger partial charge is 0.486 e. The van der Waals surface area contributed by atoms with E-state index in [1.54, 1.807) is 30.3 Å². The molecular formula is C17H17N3O4S3. The quantitative estimate of drug-likeness (QED) is 0.607. The van der Waals surface area contributed by atoms with Gasteiger partial charge in [0, 0.05) is 10.3 Å². The van der Waals surface area contributed by atoms with E-state index in [9.17, 15) is 13.2 Å². The summed E-state index contributed by atoms with van der Waals surface area (Å²) in [6, 6.07) is 9.97. The molecule has 27 heavy (non-hydrogen) atoms. The van der Waals surface area contributed by atoms with Crippen LogP contribution in [0.1, 0.15) is 25.9 Å². The molecular weight excluding hydrogens is 406 g/mol. The number of rotatable bonds is 7. The van der Waals surface area contributed by atoms with Gasteiger partial charge in [-0.25, -0.2) is 18.5 Å².